The van der Waals surface area contributed by atoms with Crippen LogP contribution in [0.5, 0.6) is 5.75 Å². The standard InChI is InChI=1S/C16H14N4O2/c21-16-9-22-15-5-4-10(7-14(15)18-16)12-8-13(20-19-12)11-3-1-2-6-17-11/h1-7,13,20H,8-9H2,(H,18,21)/t13-/m0/s1. The Labute approximate surface area is 127 Å². The molecule has 1 amide bonds. The van der Waals surface area contributed by atoms with E-state index in [0.717, 1.165) is 23.4 Å². The van der Waals surface area contributed by atoms with E-state index in [-0.39, 0.29) is 18.6 Å². The van der Waals surface area contributed by atoms with Gasteiger partial charge in [0, 0.05) is 18.2 Å². The van der Waals surface area contributed by atoms with Gasteiger partial charge in [-0.05, 0) is 30.3 Å². The van der Waals surface area contributed by atoms with Crippen molar-refractivity contribution in [3.05, 3.63) is 53.9 Å². The molecule has 1 atom stereocenters. The number of ether oxygens (including phenoxy) is 1. The van der Waals surface area contributed by atoms with Gasteiger partial charge in [-0.15, -0.1) is 0 Å². The van der Waals surface area contributed by atoms with E-state index in [9.17, 15) is 4.79 Å². The summed E-state index contributed by atoms with van der Waals surface area (Å²) in [4.78, 5) is 15.8. The second kappa shape index (κ2) is 5.14. The summed E-state index contributed by atoms with van der Waals surface area (Å²) in [6.45, 7) is 0.0661. The summed E-state index contributed by atoms with van der Waals surface area (Å²) in [5, 5.41) is 7.22. The van der Waals surface area contributed by atoms with Crippen molar-refractivity contribution in [1.82, 2.24) is 10.4 Å². The second-order valence-corrected chi connectivity index (χ2v) is 5.25. The van der Waals surface area contributed by atoms with Crippen molar-refractivity contribution in [1.29, 1.82) is 0 Å². The van der Waals surface area contributed by atoms with Gasteiger partial charge in [-0.3, -0.25) is 9.78 Å². The molecule has 0 spiro atoms. The fraction of sp³-hybridized carbons (Fsp3) is 0.188. The average molecular weight is 294 g/mol. The summed E-state index contributed by atoms with van der Waals surface area (Å²) in [6.07, 6.45) is 2.53. The number of nitrogens with one attached hydrogen (secondary N) is 2. The number of carbonyl (C=O) groups excluding carboxylic acids is 1. The summed E-state index contributed by atoms with van der Waals surface area (Å²) in [5.41, 5.74) is 6.69. The van der Waals surface area contributed by atoms with Crippen molar-refractivity contribution in [2.75, 3.05) is 11.9 Å². The topological polar surface area (TPSA) is 75.6 Å². The molecule has 0 radical (unpaired) electrons. The maximum absolute atomic E-state index is 11.4. The van der Waals surface area contributed by atoms with Crippen molar-refractivity contribution >= 4 is 17.3 Å². The summed E-state index contributed by atoms with van der Waals surface area (Å²) in [6, 6.07) is 11.6. The molecule has 1 aromatic carbocycles. The number of rotatable bonds is 2. The summed E-state index contributed by atoms with van der Waals surface area (Å²) >= 11 is 0. The van der Waals surface area contributed by atoms with Gasteiger partial charge in [-0.2, -0.15) is 5.10 Å². The molecule has 110 valence electrons. The Morgan fingerprint density at radius 3 is 3.05 bits per heavy atom. The van der Waals surface area contributed by atoms with Crippen LogP contribution in [0.2, 0.25) is 0 Å². The van der Waals surface area contributed by atoms with E-state index >= 15 is 0 Å². The van der Waals surface area contributed by atoms with Crippen LogP contribution < -0.4 is 15.5 Å². The van der Waals surface area contributed by atoms with Crippen LogP contribution in [0.25, 0.3) is 0 Å². The summed E-state index contributed by atoms with van der Waals surface area (Å²) in [7, 11) is 0. The fourth-order valence-electron chi connectivity index (χ4n) is 2.64. The predicted molar refractivity (Wildman–Crippen MR) is 81.8 cm³/mol. The lowest BCUT2D eigenvalue weighted by atomic mass is 10.0. The molecule has 0 aliphatic carbocycles. The number of hydrogen-bond acceptors (Lipinski definition) is 5. The number of pyridine rings is 1. The summed E-state index contributed by atoms with van der Waals surface area (Å²) < 4.78 is 5.37. The van der Waals surface area contributed by atoms with Crippen LogP contribution in [0.15, 0.2) is 47.7 Å². The number of amides is 1. The molecule has 2 aliphatic rings. The van der Waals surface area contributed by atoms with E-state index < -0.39 is 0 Å². The Hall–Kier alpha value is -2.89. The zero-order valence-corrected chi connectivity index (χ0v) is 11.7. The van der Waals surface area contributed by atoms with Crippen LogP contribution in [0, 0.1) is 0 Å². The number of anilines is 1. The summed E-state index contributed by atoms with van der Waals surface area (Å²) in [5.74, 6) is 0.554. The van der Waals surface area contributed by atoms with Crippen LogP contribution in [-0.2, 0) is 4.79 Å². The van der Waals surface area contributed by atoms with Gasteiger partial charge in [-0.25, -0.2) is 0 Å². The van der Waals surface area contributed by atoms with Gasteiger partial charge in [-0.1, -0.05) is 6.07 Å². The van der Waals surface area contributed by atoms with Crippen molar-refractivity contribution in [3.63, 3.8) is 0 Å². The van der Waals surface area contributed by atoms with Gasteiger partial charge < -0.3 is 15.5 Å². The highest BCUT2D eigenvalue weighted by Crippen LogP contribution is 2.31. The van der Waals surface area contributed by atoms with Gasteiger partial charge in [0.1, 0.15) is 5.75 Å². The lowest BCUT2D eigenvalue weighted by molar-refractivity contribution is -0.118. The Balaban J connectivity index is 1.56. The van der Waals surface area contributed by atoms with E-state index in [1.165, 1.54) is 0 Å². The van der Waals surface area contributed by atoms with Crippen molar-refractivity contribution < 1.29 is 9.53 Å². The molecule has 22 heavy (non-hydrogen) atoms. The number of benzene rings is 1. The zero-order valence-electron chi connectivity index (χ0n) is 11.7. The number of fused-ring (bicyclic) bond motifs is 1. The highest BCUT2D eigenvalue weighted by molar-refractivity contribution is 6.04. The van der Waals surface area contributed by atoms with Gasteiger partial charge in [0.15, 0.2) is 6.61 Å². The molecule has 0 saturated carbocycles. The molecule has 1 aromatic heterocycles. The van der Waals surface area contributed by atoms with Crippen LogP contribution in [0.3, 0.4) is 0 Å². The molecule has 3 heterocycles. The Morgan fingerprint density at radius 1 is 1.23 bits per heavy atom. The van der Waals surface area contributed by atoms with Crippen molar-refractivity contribution in [2.45, 2.75) is 12.5 Å². The Bertz CT molecular complexity index is 758. The van der Waals surface area contributed by atoms with Crippen molar-refractivity contribution in [3.8, 4) is 5.75 Å². The molecule has 2 aromatic rings. The van der Waals surface area contributed by atoms with Gasteiger partial charge in [0.2, 0.25) is 0 Å². The number of hydrazone groups is 1. The van der Waals surface area contributed by atoms with Crippen LogP contribution in [0.4, 0.5) is 5.69 Å². The molecular weight excluding hydrogens is 280 g/mol. The third-order valence-corrected chi connectivity index (χ3v) is 3.74. The highest BCUT2D eigenvalue weighted by atomic mass is 16.5. The lowest BCUT2D eigenvalue weighted by Crippen LogP contribution is -2.25. The molecule has 6 nitrogen and oxygen atoms in total. The zero-order chi connectivity index (χ0) is 14.9. The Morgan fingerprint density at radius 2 is 2.18 bits per heavy atom. The van der Waals surface area contributed by atoms with Crippen LogP contribution in [0.1, 0.15) is 23.7 Å². The number of carbonyl (C=O) groups is 1. The fourth-order valence-corrected chi connectivity index (χ4v) is 2.64. The first-order valence-electron chi connectivity index (χ1n) is 7.10. The molecule has 4 rings (SSSR count). The average Bonchev–Trinajstić information content (AvgIpc) is 3.05. The SMILES string of the molecule is O=C1COc2ccc(C3=NN[C@H](c4ccccn4)C3)cc2N1. The third kappa shape index (κ3) is 2.28. The van der Waals surface area contributed by atoms with Gasteiger partial charge in [0.05, 0.1) is 23.1 Å². The smallest absolute Gasteiger partial charge is 0.262 e. The van der Waals surface area contributed by atoms with Crippen LogP contribution in [-0.4, -0.2) is 23.2 Å². The molecule has 0 fully saturated rings. The number of aromatic nitrogens is 1. The van der Waals surface area contributed by atoms with E-state index in [0.29, 0.717) is 11.4 Å². The van der Waals surface area contributed by atoms with Crippen molar-refractivity contribution in [2.24, 2.45) is 5.10 Å². The molecule has 0 saturated heterocycles. The molecule has 0 unspecified atom stereocenters. The molecule has 2 aliphatic heterocycles. The van der Waals surface area contributed by atoms with E-state index in [1.54, 1.807) is 6.20 Å². The van der Waals surface area contributed by atoms with Gasteiger partial charge >= 0.3 is 0 Å². The molecular formula is C16H14N4O2. The molecule has 6 heteroatoms. The maximum Gasteiger partial charge on any atom is 0.262 e. The van der Waals surface area contributed by atoms with E-state index in [1.807, 2.05) is 36.4 Å². The first-order chi connectivity index (χ1) is 10.8. The van der Waals surface area contributed by atoms with E-state index in [2.05, 4.69) is 20.8 Å². The molecule has 0 bridgehead atoms. The predicted octanol–water partition coefficient (Wildman–Crippen LogP) is 1.85. The normalized spacial score (nSPS) is 19.5. The Kier molecular flexibility index (Phi) is 3.00. The quantitative estimate of drug-likeness (QED) is 0.886. The second-order valence-electron chi connectivity index (χ2n) is 5.25. The first-order valence-corrected chi connectivity index (χ1v) is 7.10. The highest BCUT2D eigenvalue weighted by Gasteiger charge is 2.23. The lowest BCUT2D eigenvalue weighted by Gasteiger charge is -2.18. The minimum absolute atomic E-state index is 0.0661. The number of nitrogens with zero attached hydrogens (tertiary/aromatic N) is 2. The monoisotopic (exact) mass is 294 g/mol. The maximum atomic E-state index is 11.4. The largest absolute Gasteiger partial charge is 0.482 e. The first kappa shape index (κ1) is 12.8. The minimum atomic E-state index is -0.137. The third-order valence-electron chi connectivity index (χ3n) is 3.74. The number of hydrogen-bond donors (Lipinski definition) is 2. The molecule has 2 N–H and O–H groups in total. The minimum Gasteiger partial charge on any atom is -0.482 e. The van der Waals surface area contributed by atoms with Gasteiger partial charge in [0.25, 0.3) is 5.91 Å². The van der Waals surface area contributed by atoms with Crippen LogP contribution >= 0.6 is 0 Å². The van der Waals surface area contributed by atoms with E-state index in [4.69, 9.17) is 4.74 Å².